The van der Waals surface area contributed by atoms with Gasteiger partial charge in [-0.05, 0) is 34.8 Å². The van der Waals surface area contributed by atoms with E-state index < -0.39 is 11.8 Å². The molecular formula is C15H15BrFNO3. The lowest BCUT2D eigenvalue weighted by molar-refractivity contribution is -0.116. The van der Waals surface area contributed by atoms with Gasteiger partial charge >= 0.3 is 5.97 Å². The third-order valence-electron chi connectivity index (χ3n) is 3.33. The van der Waals surface area contributed by atoms with Crippen LogP contribution in [0.4, 0.5) is 10.1 Å². The maximum Gasteiger partial charge on any atom is 0.340 e. The monoisotopic (exact) mass is 355 g/mol. The Labute approximate surface area is 130 Å². The Balaban J connectivity index is 2.75. The minimum atomic E-state index is -0.689. The van der Waals surface area contributed by atoms with Crippen molar-refractivity contribution in [3.63, 3.8) is 0 Å². The first-order valence-corrected chi connectivity index (χ1v) is 7.24. The van der Waals surface area contributed by atoms with Crippen molar-refractivity contribution >= 4 is 39.6 Å². The van der Waals surface area contributed by atoms with Gasteiger partial charge in [-0.25, -0.2) is 9.18 Å². The highest BCUT2D eigenvalue weighted by Crippen LogP contribution is 2.40. The molecule has 0 aliphatic heterocycles. The van der Waals surface area contributed by atoms with Crippen molar-refractivity contribution in [1.82, 2.24) is 0 Å². The fraction of sp³-hybridized carbons (Fsp3) is 0.333. The van der Waals surface area contributed by atoms with Crippen LogP contribution >= 0.6 is 15.9 Å². The smallest absolute Gasteiger partial charge is 0.340 e. The summed E-state index contributed by atoms with van der Waals surface area (Å²) in [6.07, 6.45) is 3.13. The molecule has 4 nitrogen and oxygen atoms in total. The van der Waals surface area contributed by atoms with Gasteiger partial charge in [-0.1, -0.05) is 12.7 Å². The van der Waals surface area contributed by atoms with Gasteiger partial charge in [-0.2, -0.15) is 0 Å². The minimum absolute atomic E-state index is 0.0233. The summed E-state index contributed by atoms with van der Waals surface area (Å²) in [4.78, 5) is 25.5. The second-order valence-corrected chi connectivity index (χ2v) is 5.59. The molecule has 0 heterocycles. The maximum atomic E-state index is 14.0. The topological polar surface area (TPSA) is 46.6 Å². The number of carbonyl (C=O) groups is 2. The van der Waals surface area contributed by atoms with Gasteiger partial charge in [0.25, 0.3) is 0 Å². The van der Waals surface area contributed by atoms with E-state index in [0.717, 1.165) is 18.9 Å². The summed E-state index contributed by atoms with van der Waals surface area (Å²) in [5, 5.41) is 0. The summed E-state index contributed by atoms with van der Waals surface area (Å²) in [5.74, 6) is -1.50. The Hall–Kier alpha value is -1.69. The molecule has 112 valence electrons. The number of carbonyl (C=O) groups excluding carboxylic acids is 2. The van der Waals surface area contributed by atoms with E-state index in [1.807, 2.05) is 0 Å². The zero-order chi connectivity index (χ0) is 15.7. The quantitative estimate of drug-likeness (QED) is 0.776. The third-order valence-corrected chi connectivity index (χ3v) is 4.14. The predicted molar refractivity (Wildman–Crippen MR) is 81.7 cm³/mol. The number of nitrogens with zero attached hydrogens (tertiary/aromatic N) is 1. The van der Waals surface area contributed by atoms with Gasteiger partial charge in [-0.3, -0.25) is 4.79 Å². The molecule has 0 unspecified atom stereocenters. The van der Waals surface area contributed by atoms with E-state index in [1.165, 1.54) is 25.0 Å². The lowest BCUT2D eigenvalue weighted by atomic mass is 10.0. The maximum absolute atomic E-state index is 14.0. The van der Waals surface area contributed by atoms with E-state index in [9.17, 15) is 14.0 Å². The molecule has 6 heteroatoms. The first-order valence-electron chi connectivity index (χ1n) is 6.44. The highest BCUT2D eigenvalue weighted by Gasteiger charge is 2.36. The fourth-order valence-corrected chi connectivity index (χ4v) is 2.74. The largest absolute Gasteiger partial charge is 0.465 e. The molecule has 1 aromatic rings. The van der Waals surface area contributed by atoms with Gasteiger partial charge in [0.1, 0.15) is 5.82 Å². The van der Waals surface area contributed by atoms with Crippen molar-refractivity contribution in [1.29, 1.82) is 0 Å². The van der Waals surface area contributed by atoms with Gasteiger partial charge in [0.05, 0.1) is 22.8 Å². The van der Waals surface area contributed by atoms with Crippen LogP contribution in [0.5, 0.6) is 0 Å². The number of hydrogen-bond acceptors (Lipinski definition) is 3. The van der Waals surface area contributed by atoms with Crippen LogP contribution in [-0.4, -0.2) is 25.0 Å². The van der Waals surface area contributed by atoms with Gasteiger partial charge in [0, 0.05) is 18.5 Å². The number of rotatable bonds is 4. The first kappa shape index (κ1) is 15.7. The lowest BCUT2D eigenvalue weighted by Crippen LogP contribution is -2.33. The highest BCUT2D eigenvalue weighted by atomic mass is 79.9. The number of ether oxygens (including phenoxy) is 1. The number of anilines is 1. The van der Waals surface area contributed by atoms with E-state index in [1.54, 1.807) is 0 Å². The molecule has 1 saturated carbocycles. The van der Waals surface area contributed by atoms with E-state index in [-0.39, 0.29) is 22.0 Å². The molecule has 21 heavy (non-hydrogen) atoms. The molecule has 0 aromatic heterocycles. The molecule has 0 radical (unpaired) electrons. The number of halogens is 2. The molecule has 1 fully saturated rings. The number of hydrogen-bond donors (Lipinski definition) is 0. The van der Waals surface area contributed by atoms with Crippen LogP contribution in [0, 0.1) is 5.82 Å². The van der Waals surface area contributed by atoms with Gasteiger partial charge in [0.2, 0.25) is 5.91 Å². The molecule has 1 aliphatic rings. The number of esters is 1. The van der Waals surface area contributed by atoms with Gasteiger partial charge < -0.3 is 9.64 Å². The van der Waals surface area contributed by atoms with E-state index in [0.29, 0.717) is 11.3 Å². The van der Waals surface area contributed by atoms with Crippen molar-refractivity contribution in [3.8, 4) is 0 Å². The predicted octanol–water partition coefficient (Wildman–Crippen LogP) is 3.53. The number of benzene rings is 1. The zero-order valence-corrected chi connectivity index (χ0v) is 13.4. The second kappa shape index (κ2) is 5.97. The third kappa shape index (κ3) is 2.85. The van der Waals surface area contributed by atoms with Crippen molar-refractivity contribution in [2.24, 2.45) is 0 Å². The Kier molecular flexibility index (Phi) is 4.46. The zero-order valence-electron chi connectivity index (χ0n) is 11.8. The fourth-order valence-electron chi connectivity index (χ4n) is 2.28. The van der Waals surface area contributed by atoms with E-state index in [4.69, 9.17) is 4.74 Å². The standard InChI is InChI=1S/C15H15BrFNO3/c1-4-10-13(16)12(17)7-11(15(20)21-3)14(10)18(8(2)19)9-5-6-9/h4,7,9H,1,5-6H2,2-3H3. The molecule has 0 spiro atoms. The molecule has 1 amide bonds. The van der Waals surface area contributed by atoms with Crippen LogP contribution in [0.25, 0.3) is 6.08 Å². The highest BCUT2D eigenvalue weighted by molar-refractivity contribution is 9.10. The minimum Gasteiger partial charge on any atom is -0.465 e. The van der Waals surface area contributed by atoms with Crippen LogP contribution < -0.4 is 4.90 Å². The molecule has 2 rings (SSSR count). The lowest BCUT2D eigenvalue weighted by Gasteiger charge is -2.26. The van der Waals surface area contributed by atoms with Crippen LogP contribution in [0.3, 0.4) is 0 Å². The summed E-state index contributed by atoms with van der Waals surface area (Å²) in [6, 6.07) is 1.11. The van der Waals surface area contributed by atoms with E-state index in [2.05, 4.69) is 22.5 Å². The average molecular weight is 356 g/mol. The normalized spacial score (nSPS) is 13.7. The Morgan fingerprint density at radius 3 is 2.57 bits per heavy atom. The van der Waals surface area contributed by atoms with Gasteiger partial charge in [-0.15, -0.1) is 0 Å². The molecular weight excluding hydrogens is 341 g/mol. The summed E-state index contributed by atoms with van der Waals surface area (Å²) in [7, 11) is 1.22. The van der Waals surface area contributed by atoms with Crippen LogP contribution in [-0.2, 0) is 9.53 Å². The average Bonchev–Trinajstić information content (AvgIpc) is 3.26. The summed E-state index contributed by atoms with van der Waals surface area (Å²) in [5.41, 5.74) is 0.743. The molecule has 0 bridgehead atoms. The van der Waals surface area contributed by atoms with Crippen LogP contribution in [0.2, 0.25) is 0 Å². The van der Waals surface area contributed by atoms with Gasteiger partial charge in [0.15, 0.2) is 0 Å². The van der Waals surface area contributed by atoms with Crippen molar-refractivity contribution in [2.75, 3.05) is 12.0 Å². The molecule has 0 N–H and O–H groups in total. The van der Waals surface area contributed by atoms with Crippen molar-refractivity contribution in [2.45, 2.75) is 25.8 Å². The molecule has 1 aliphatic carbocycles. The molecule has 0 saturated heterocycles. The second-order valence-electron chi connectivity index (χ2n) is 4.80. The van der Waals surface area contributed by atoms with Crippen LogP contribution in [0.1, 0.15) is 35.7 Å². The summed E-state index contributed by atoms with van der Waals surface area (Å²) < 4.78 is 18.9. The summed E-state index contributed by atoms with van der Waals surface area (Å²) >= 11 is 3.15. The number of methoxy groups -OCH3 is 1. The van der Waals surface area contributed by atoms with E-state index >= 15 is 0 Å². The SMILES string of the molecule is C=Cc1c(Br)c(F)cc(C(=O)OC)c1N(C(C)=O)C1CC1. The van der Waals surface area contributed by atoms with Crippen LogP contribution in [0.15, 0.2) is 17.1 Å². The Morgan fingerprint density at radius 2 is 2.14 bits per heavy atom. The summed E-state index contributed by atoms with van der Waals surface area (Å²) in [6.45, 7) is 5.07. The molecule has 0 atom stereocenters. The Bertz CT molecular complexity index is 626. The first-order chi connectivity index (χ1) is 9.92. The van der Waals surface area contributed by atoms with Crippen molar-refractivity contribution < 1.29 is 18.7 Å². The number of amides is 1. The Morgan fingerprint density at radius 1 is 1.52 bits per heavy atom. The molecule has 1 aromatic carbocycles. The van der Waals surface area contributed by atoms with Crippen molar-refractivity contribution in [3.05, 3.63) is 34.1 Å².